The molecule has 7 nitrogen and oxygen atoms in total. The van der Waals surface area contributed by atoms with Gasteiger partial charge in [0.25, 0.3) is 10.0 Å². The summed E-state index contributed by atoms with van der Waals surface area (Å²) in [5.74, 6) is -1.69. The number of carbonyl (C=O) groups is 2. The van der Waals surface area contributed by atoms with Crippen molar-refractivity contribution >= 4 is 27.5 Å². The first-order valence-electron chi connectivity index (χ1n) is 15.7. The lowest BCUT2D eigenvalue weighted by Gasteiger charge is -2.35. The minimum Gasteiger partial charge on any atom is -0.352 e. The number of nitrogens with one attached hydrogen (secondary N) is 1. The van der Waals surface area contributed by atoms with E-state index in [-0.39, 0.29) is 35.5 Å². The Hall–Kier alpha value is -4.50. The highest BCUT2D eigenvalue weighted by Gasteiger charge is 2.36. The first-order chi connectivity index (χ1) is 22.2. The van der Waals surface area contributed by atoms with Crippen LogP contribution in [0.2, 0.25) is 0 Å². The summed E-state index contributed by atoms with van der Waals surface area (Å²) in [4.78, 5) is 30.1. The Morgan fingerprint density at radius 3 is 2.13 bits per heavy atom. The fourth-order valence-corrected chi connectivity index (χ4v) is 7.44. The second kappa shape index (κ2) is 15.2. The summed E-state index contributed by atoms with van der Waals surface area (Å²) in [5.41, 5.74) is 2.38. The van der Waals surface area contributed by atoms with Gasteiger partial charge in [0.05, 0.1) is 10.6 Å². The molecular formula is C37H40FN3O4S. The molecule has 46 heavy (non-hydrogen) atoms. The molecule has 1 aliphatic carbocycles. The molecule has 0 spiro atoms. The molecule has 9 heteroatoms. The van der Waals surface area contributed by atoms with Crippen LogP contribution in [-0.2, 0) is 32.6 Å². The van der Waals surface area contributed by atoms with Crippen LogP contribution >= 0.6 is 0 Å². The molecule has 1 saturated carbocycles. The van der Waals surface area contributed by atoms with Crippen molar-refractivity contribution in [2.24, 2.45) is 0 Å². The van der Waals surface area contributed by atoms with E-state index in [9.17, 15) is 18.0 Å². The van der Waals surface area contributed by atoms with Crippen molar-refractivity contribution in [2.45, 2.75) is 69.0 Å². The van der Waals surface area contributed by atoms with Gasteiger partial charge in [0.1, 0.15) is 18.4 Å². The third-order valence-corrected chi connectivity index (χ3v) is 10.2. The van der Waals surface area contributed by atoms with Crippen LogP contribution in [0.4, 0.5) is 10.1 Å². The summed E-state index contributed by atoms with van der Waals surface area (Å²) in [6.07, 6.45) is 5.13. The second-order valence-corrected chi connectivity index (χ2v) is 13.7. The Morgan fingerprint density at radius 1 is 0.826 bits per heavy atom. The van der Waals surface area contributed by atoms with E-state index in [0.717, 1.165) is 59.2 Å². The molecule has 0 unspecified atom stereocenters. The highest BCUT2D eigenvalue weighted by Crippen LogP contribution is 2.27. The number of para-hydroxylation sites is 1. The van der Waals surface area contributed by atoms with Gasteiger partial charge in [-0.1, -0.05) is 110 Å². The molecule has 0 saturated heterocycles. The van der Waals surface area contributed by atoms with Crippen molar-refractivity contribution in [2.75, 3.05) is 10.8 Å². The zero-order chi connectivity index (χ0) is 32.5. The van der Waals surface area contributed by atoms with Crippen molar-refractivity contribution in [3.8, 4) is 0 Å². The number of halogens is 1. The monoisotopic (exact) mass is 641 g/mol. The second-order valence-electron chi connectivity index (χ2n) is 11.8. The molecule has 0 bridgehead atoms. The van der Waals surface area contributed by atoms with E-state index in [1.54, 1.807) is 18.2 Å². The minimum absolute atomic E-state index is 0.00353. The normalized spacial score (nSPS) is 14.3. The van der Waals surface area contributed by atoms with Crippen molar-refractivity contribution in [3.05, 3.63) is 132 Å². The van der Waals surface area contributed by atoms with E-state index >= 15 is 4.39 Å². The van der Waals surface area contributed by atoms with E-state index in [1.807, 2.05) is 61.5 Å². The maximum atomic E-state index is 15.3. The van der Waals surface area contributed by atoms with Crippen molar-refractivity contribution in [1.82, 2.24) is 10.2 Å². The Kier molecular flexibility index (Phi) is 10.9. The predicted octanol–water partition coefficient (Wildman–Crippen LogP) is 6.42. The number of benzene rings is 4. The van der Waals surface area contributed by atoms with Gasteiger partial charge in [0, 0.05) is 19.0 Å². The number of amides is 2. The topological polar surface area (TPSA) is 86.8 Å². The predicted molar refractivity (Wildman–Crippen MR) is 178 cm³/mol. The highest BCUT2D eigenvalue weighted by atomic mass is 32.2. The van der Waals surface area contributed by atoms with Crippen molar-refractivity contribution in [3.63, 3.8) is 0 Å². The van der Waals surface area contributed by atoms with Gasteiger partial charge < -0.3 is 10.2 Å². The molecule has 0 heterocycles. The standard InChI is InChI=1S/C37H40FN3O4S/c1-28-14-13-17-30(24-28)26-40(35(25-29-15-5-2-6-16-29)37(43)39-31-18-7-3-8-19-31)36(42)27-41(34-23-12-11-22-33(34)38)46(44,45)32-20-9-4-10-21-32/h2,4-6,9-17,20-24,31,35H,3,7-8,18-19,25-27H2,1H3,(H,39,43)/t35-/m1/s1. The smallest absolute Gasteiger partial charge is 0.264 e. The van der Waals surface area contributed by atoms with Crippen LogP contribution in [0.5, 0.6) is 0 Å². The highest BCUT2D eigenvalue weighted by molar-refractivity contribution is 7.92. The quantitative estimate of drug-likeness (QED) is 0.194. The molecule has 5 rings (SSSR count). The Labute approximate surface area is 271 Å². The minimum atomic E-state index is -4.37. The summed E-state index contributed by atoms with van der Waals surface area (Å²) in [5, 5.41) is 3.20. The van der Waals surface area contributed by atoms with E-state index in [4.69, 9.17) is 0 Å². The van der Waals surface area contributed by atoms with Crippen LogP contribution in [0.15, 0.2) is 114 Å². The molecular weight excluding hydrogens is 601 g/mol. The molecule has 0 aliphatic heterocycles. The molecule has 1 aliphatic rings. The summed E-state index contributed by atoms with van der Waals surface area (Å²) in [6.45, 7) is 1.30. The lowest BCUT2D eigenvalue weighted by atomic mass is 9.94. The number of sulfonamides is 1. The number of hydrogen-bond donors (Lipinski definition) is 1. The number of anilines is 1. The summed E-state index contributed by atoms with van der Waals surface area (Å²) >= 11 is 0. The number of nitrogens with zero attached hydrogens (tertiary/aromatic N) is 2. The van der Waals surface area contributed by atoms with Gasteiger partial charge in [-0.2, -0.15) is 0 Å². The number of rotatable bonds is 12. The van der Waals surface area contributed by atoms with Crippen LogP contribution in [0.3, 0.4) is 0 Å². The van der Waals surface area contributed by atoms with Crippen LogP contribution in [0.1, 0.15) is 48.8 Å². The Balaban J connectivity index is 1.56. The van der Waals surface area contributed by atoms with Gasteiger partial charge >= 0.3 is 0 Å². The lowest BCUT2D eigenvalue weighted by Crippen LogP contribution is -2.55. The van der Waals surface area contributed by atoms with Gasteiger partial charge in [-0.05, 0) is 55.2 Å². The third kappa shape index (κ3) is 8.20. The van der Waals surface area contributed by atoms with Crippen molar-refractivity contribution in [1.29, 1.82) is 0 Å². The summed E-state index contributed by atoms with van der Waals surface area (Å²) in [6, 6.07) is 29.3. The molecule has 1 N–H and O–H groups in total. The first-order valence-corrected chi connectivity index (χ1v) is 17.2. The lowest BCUT2D eigenvalue weighted by molar-refractivity contribution is -0.140. The van der Waals surface area contributed by atoms with E-state index in [2.05, 4.69) is 5.32 Å². The van der Waals surface area contributed by atoms with Crippen molar-refractivity contribution < 1.29 is 22.4 Å². The average molecular weight is 642 g/mol. The maximum absolute atomic E-state index is 15.3. The zero-order valence-corrected chi connectivity index (χ0v) is 26.8. The molecule has 2 amide bonds. The number of aryl methyl sites for hydroxylation is 1. The van der Waals surface area contributed by atoms with Crippen LogP contribution in [0, 0.1) is 12.7 Å². The molecule has 4 aromatic rings. The zero-order valence-electron chi connectivity index (χ0n) is 26.0. The van der Waals surface area contributed by atoms with Gasteiger partial charge in [0.15, 0.2) is 0 Å². The molecule has 1 atom stereocenters. The Morgan fingerprint density at radius 2 is 1.46 bits per heavy atom. The largest absolute Gasteiger partial charge is 0.352 e. The van der Waals surface area contributed by atoms with Gasteiger partial charge in [0.2, 0.25) is 11.8 Å². The van der Waals surface area contributed by atoms with E-state index < -0.39 is 34.3 Å². The molecule has 1 fully saturated rings. The average Bonchev–Trinajstić information content (AvgIpc) is 3.07. The van der Waals surface area contributed by atoms with Crippen LogP contribution in [0.25, 0.3) is 0 Å². The van der Waals surface area contributed by atoms with Gasteiger partial charge in [-0.15, -0.1) is 0 Å². The summed E-state index contributed by atoms with van der Waals surface area (Å²) in [7, 11) is -4.37. The van der Waals surface area contributed by atoms with Crippen LogP contribution in [-0.4, -0.2) is 43.8 Å². The number of hydrogen-bond acceptors (Lipinski definition) is 4. The Bertz CT molecular complexity index is 1730. The molecule has 4 aromatic carbocycles. The maximum Gasteiger partial charge on any atom is 0.264 e. The summed E-state index contributed by atoms with van der Waals surface area (Å²) < 4.78 is 44.1. The third-order valence-electron chi connectivity index (χ3n) is 8.39. The SMILES string of the molecule is Cc1cccc(CN(C(=O)CN(c2ccccc2F)S(=O)(=O)c2ccccc2)[C@H](Cc2ccccc2)C(=O)NC2CCCCC2)c1. The molecule has 0 radical (unpaired) electrons. The van der Waals surface area contributed by atoms with Gasteiger partial charge in [-0.3, -0.25) is 13.9 Å². The van der Waals surface area contributed by atoms with E-state index in [1.165, 1.54) is 35.2 Å². The molecule has 0 aromatic heterocycles. The first kappa shape index (κ1) is 32.9. The number of carbonyl (C=O) groups excluding carboxylic acids is 2. The molecule has 240 valence electrons. The van der Waals surface area contributed by atoms with Gasteiger partial charge in [-0.25, -0.2) is 12.8 Å². The van der Waals surface area contributed by atoms with Crippen LogP contribution < -0.4 is 9.62 Å². The fourth-order valence-electron chi connectivity index (χ4n) is 5.99. The fraction of sp³-hybridized carbons (Fsp3) is 0.297. The van der Waals surface area contributed by atoms with E-state index in [0.29, 0.717) is 0 Å².